The number of amides is 1. The van der Waals surface area contributed by atoms with Gasteiger partial charge < -0.3 is 19.9 Å². The second-order valence-corrected chi connectivity index (χ2v) is 9.03. The van der Waals surface area contributed by atoms with Crippen LogP contribution in [0.5, 0.6) is 5.75 Å². The van der Waals surface area contributed by atoms with Gasteiger partial charge in [-0.15, -0.1) is 0 Å². The van der Waals surface area contributed by atoms with E-state index in [1.807, 2.05) is 9.80 Å². The summed E-state index contributed by atoms with van der Waals surface area (Å²) in [6.07, 6.45) is -4.34. The second-order valence-electron chi connectivity index (χ2n) is 9.03. The number of carbonyl (C=O) groups is 1. The van der Waals surface area contributed by atoms with E-state index in [-0.39, 0.29) is 24.2 Å². The smallest absolute Gasteiger partial charge is 0.416 e. The Kier molecular flexibility index (Phi) is 6.24. The third kappa shape index (κ3) is 4.57. The fourth-order valence-corrected chi connectivity index (χ4v) is 5.16. The lowest BCUT2D eigenvalue weighted by Crippen LogP contribution is -2.60. The van der Waals surface area contributed by atoms with Crippen LogP contribution in [0.3, 0.4) is 0 Å². The minimum Gasteiger partial charge on any atom is -0.497 e. The number of fused-ring (bicyclic) bond motifs is 3. The third-order valence-corrected chi connectivity index (χ3v) is 6.91. The Labute approximate surface area is 206 Å². The molecular formula is C27H25F4N3O2. The number of benzene rings is 3. The molecule has 2 aliphatic rings. The van der Waals surface area contributed by atoms with Crippen LogP contribution in [0.15, 0.2) is 66.7 Å². The van der Waals surface area contributed by atoms with Gasteiger partial charge in [-0.1, -0.05) is 18.2 Å². The van der Waals surface area contributed by atoms with Gasteiger partial charge in [-0.3, -0.25) is 4.79 Å². The largest absolute Gasteiger partial charge is 0.497 e. The summed E-state index contributed by atoms with van der Waals surface area (Å²) >= 11 is 0. The van der Waals surface area contributed by atoms with Gasteiger partial charge in [0.2, 0.25) is 5.91 Å². The highest BCUT2D eigenvalue weighted by molar-refractivity contribution is 5.94. The second kappa shape index (κ2) is 9.37. The standard InChI is InChI=1S/C27H25F4N3O2/c1-36-20-6-4-5-19(15-20)32-26(35)21-14-17-13-18(27(29,30)31)9-10-23(17)34-12-11-33(16-25(21)34)24-8-3-2-7-22(24)28/h2-10,13,15,21,25H,11-12,14,16H2,1H3,(H,32,35)/t21-,25+/m1/s1. The van der Waals surface area contributed by atoms with Crippen LogP contribution in [-0.2, 0) is 17.4 Å². The van der Waals surface area contributed by atoms with Crippen LogP contribution in [0.2, 0.25) is 0 Å². The predicted octanol–water partition coefficient (Wildman–Crippen LogP) is 5.36. The number of carbonyl (C=O) groups excluding carboxylic acids is 1. The van der Waals surface area contributed by atoms with E-state index in [1.54, 1.807) is 42.5 Å². The van der Waals surface area contributed by atoms with Crippen LogP contribution in [0.25, 0.3) is 0 Å². The Morgan fingerprint density at radius 3 is 2.56 bits per heavy atom. The number of halogens is 4. The van der Waals surface area contributed by atoms with Gasteiger partial charge in [-0.05, 0) is 54.4 Å². The van der Waals surface area contributed by atoms with Crippen LogP contribution in [0.1, 0.15) is 11.1 Å². The molecule has 0 radical (unpaired) electrons. The molecule has 1 N–H and O–H groups in total. The highest BCUT2D eigenvalue weighted by atomic mass is 19.4. The first-order valence-electron chi connectivity index (χ1n) is 11.7. The Morgan fingerprint density at radius 2 is 1.81 bits per heavy atom. The fourth-order valence-electron chi connectivity index (χ4n) is 5.16. The number of anilines is 3. The number of para-hydroxylation sites is 1. The Balaban J connectivity index is 1.49. The molecule has 0 bridgehead atoms. The van der Waals surface area contributed by atoms with Gasteiger partial charge in [0, 0.05) is 37.1 Å². The zero-order valence-electron chi connectivity index (χ0n) is 19.6. The maximum absolute atomic E-state index is 14.6. The van der Waals surface area contributed by atoms with E-state index >= 15 is 0 Å². The Morgan fingerprint density at radius 1 is 1.00 bits per heavy atom. The van der Waals surface area contributed by atoms with Crippen molar-refractivity contribution >= 4 is 23.0 Å². The van der Waals surface area contributed by atoms with Gasteiger partial charge in [0.15, 0.2) is 0 Å². The first-order chi connectivity index (χ1) is 17.2. The molecular weight excluding hydrogens is 474 g/mol. The number of alkyl halides is 3. The maximum atomic E-state index is 14.6. The molecule has 36 heavy (non-hydrogen) atoms. The highest BCUT2D eigenvalue weighted by Gasteiger charge is 2.43. The summed E-state index contributed by atoms with van der Waals surface area (Å²) in [5.41, 5.74) is 1.40. The van der Waals surface area contributed by atoms with Crippen molar-refractivity contribution in [2.24, 2.45) is 5.92 Å². The maximum Gasteiger partial charge on any atom is 0.416 e. The molecule has 0 saturated carbocycles. The minimum absolute atomic E-state index is 0.140. The van der Waals surface area contributed by atoms with E-state index in [0.717, 1.165) is 12.1 Å². The summed E-state index contributed by atoms with van der Waals surface area (Å²) in [4.78, 5) is 17.4. The van der Waals surface area contributed by atoms with E-state index in [1.165, 1.54) is 19.2 Å². The summed E-state index contributed by atoms with van der Waals surface area (Å²) in [7, 11) is 1.52. The predicted molar refractivity (Wildman–Crippen MR) is 130 cm³/mol. The number of hydrogen-bond acceptors (Lipinski definition) is 4. The summed E-state index contributed by atoms with van der Waals surface area (Å²) in [6, 6.07) is 16.7. The molecule has 1 fully saturated rings. The molecule has 9 heteroatoms. The van der Waals surface area contributed by atoms with E-state index in [9.17, 15) is 22.4 Å². The molecule has 3 aromatic carbocycles. The van der Waals surface area contributed by atoms with Gasteiger partial charge in [-0.25, -0.2) is 4.39 Å². The van der Waals surface area contributed by atoms with Gasteiger partial charge in [0.1, 0.15) is 11.6 Å². The van der Waals surface area contributed by atoms with Crippen molar-refractivity contribution in [3.63, 3.8) is 0 Å². The van der Waals surface area contributed by atoms with Gasteiger partial charge in [-0.2, -0.15) is 13.2 Å². The topological polar surface area (TPSA) is 44.8 Å². The molecule has 2 heterocycles. The molecule has 5 rings (SSSR count). The third-order valence-electron chi connectivity index (χ3n) is 6.91. The zero-order valence-corrected chi connectivity index (χ0v) is 19.6. The minimum atomic E-state index is -4.48. The average molecular weight is 500 g/mol. The van der Waals surface area contributed by atoms with E-state index in [4.69, 9.17) is 4.74 Å². The Bertz CT molecular complexity index is 1280. The van der Waals surface area contributed by atoms with E-state index in [0.29, 0.717) is 48.0 Å². The van der Waals surface area contributed by atoms with Crippen molar-refractivity contribution in [3.8, 4) is 5.75 Å². The van der Waals surface area contributed by atoms with E-state index < -0.39 is 17.7 Å². The van der Waals surface area contributed by atoms with Crippen LogP contribution in [0, 0.1) is 11.7 Å². The van der Waals surface area contributed by atoms with Gasteiger partial charge in [0.05, 0.1) is 30.3 Å². The molecule has 1 amide bonds. The monoisotopic (exact) mass is 499 g/mol. The first-order valence-corrected chi connectivity index (χ1v) is 11.7. The average Bonchev–Trinajstić information content (AvgIpc) is 2.87. The lowest BCUT2D eigenvalue weighted by molar-refractivity contribution is -0.137. The normalized spacial score (nSPS) is 19.4. The van der Waals surface area contributed by atoms with Crippen molar-refractivity contribution in [2.45, 2.75) is 18.6 Å². The van der Waals surface area contributed by atoms with Crippen LogP contribution in [0.4, 0.5) is 34.6 Å². The molecule has 2 aliphatic heterocycles. The number of ether oxygens (including phenoxy) is 1. The fraction of sp³-hybridized carbons (Fsp3) is 0.296. The highest BCUT2D eigenvalue weighted by Crippen LogP contribution is 2.40. The number of nitrogens with zero attached hydrogens (tertiary/aromatic N) is 2. The zero-order chi connectivity index (χ0) is 25.4. The molecule has 2 atom stereocenters. The summed E-state index contributed by atoms with van der Waals surface area (Å²) in [6.45, 7) is 1.28. The van der Waals surface area contributed by atoms with Crippen molar-refractivity contribution in [2.75, 3.05) is 41.9 Å². The molecule has 1 saturated heterocycles. The molecule has 188 valence electrons. The quantitative estimate of drug-likeness (QED) is 0.491. The molecule has 0 spiro atoms. The summed E-state index contributed by atoms with van der Waals surface area (Å²) in [5.74, 6) is -0.741. The molecule has 0 aromatic heterocycles. The molecule has 5 nitrogen and oxygen atoms in total. The number of nitrogens with one attached hydrogen (secondary N) is 1. The number of methoxy groups -OCH3 is 1. The van der Waals surface area contributed by atoms with Crippen molar-refractivity contribution in [3.05, 3.63) is 83.7 Å². The van der Waals surface area contributed by atoms with Crippen molar-refractivity contribution in [1.29, 1.82) is 0 Å². The SMILES string of the molecule is COc1cccc(NC(=O)[C@@H]2Cc3cc(C(F)(F)F)ccc3N3CCN(c4ccccc4F)C[C@@H]23)c1. The number of rotatable bonds is 4. The molecule has 0 aliphatic carbocycles. The van der Waals surface area contributed by atoms with Crippen LogP contribution in [-0.4, -0.2) is 38.7 Å². The van der Waals surface area contributed by atoms with Crippen LogP contribution < -0.4 is 19.9 Å². The van der Waals surface area contributed by atoms with Crippen molar-refractivity contribution < 1.29 is 27.1 Å². The van der Waals surface area contributed by atoms with E-state index in [2.05, 4.69) is 5.32 Å². The van der Waals surface area contributed by atoms with Gasteiger partial charge in [0.25, 0.3) is 0 Å². The van der Waals surface area contributed by atoms with Gasteiger partial charge >= 0.3 is 6.18 Å². The van der Waals surface area contributed by atoms with Crippen molar-refractivity contribution in [1.82, 2.24) is 0 Å². The number of hydrogen-bond donors (Lipinski definition) is 1. The molecule has 0 unspecified atom stereocenters. The lowest BCUT2D eigenvalue weighted by atomic mass is 9.82. The lowest BCUT2D eigenvalue weighted by Gasteiger charge is -2.49. The van der Waals surface area contributed by atoms with Crippen LogP contribution >= 0.6 is 0 Å². The summed E-state index contributed by atoms with van der Waals surface area (Å²) in [5, 5.41) is 2.90. The molecule has 3 aromatic rings. The Hall–Kier alpha value is -3.75. The first kappa shape index (κ1) is 24.0. The number of piperazine rings is 1. The summed E-state index contributed by atoms with van der Waals surface area (Å²) < 4.78 is 60.1.